The lowest BCUT2D eigenvalue weighted by molar-refractivity contribution is 0.0563. The maximum Gasteiger partial charge on any atom is 0.374 e. The van der Waals surface area contributed by atoms with E-state index in [2.05, 4.69) is 17.0 Å². The van der Waals surface area contributed by atoms with Crippen molar-refractivity contribution >= 4 is 11.7 Å². The minimum absolute atomic E-state index is 0.235. The summed E-state index contributed by atoms with van der Waals surface area (Å²) in [4.78, 5) is 14.1. The summed E-state index contributed by atoms with van der Waals surface area (Å²) >= 11 is 0. The van der Waals surface area contributed by atoms with Crippen molar-refractivity contribution in [1.29, 1.82) is 0 Å². The number of rotatable bonds is 7. The average Bonchev–Trinajstić information content (AvgIpc) is 3.16. The van der Waals surface area contributed by atoms with Crippen molar-refractivity contribution in [3.8, 4) is 5.75 Å². The molecule has 2 aromatic carbocycles. The number of hydrogen-bond acceptors (Lipinski definition) is 5. The minimum atomic E-state index is -0.473. The van der Waals surface area contributed by atoms with Crippen LogP contribution < -0.4 is 9.64 Å². The second-order valence-corrected chi connectivity index (χ2v) is 5.81. The molecule has 0 radical (unpaired) electrons. The Bertz CT molecular complexity index is 840. The molecule has 0 fully saturated rings. The van der Waals surface area contributed by atoms with Crippen molar-refractivity contribution in [2.45, 2.75) is 13.1 Å². The van der Waals surface area contributed by atoms with Crippen LogP contribution in [0.25, 0.3) is 0 Å². The van der Waals surface area contributed by atoms with Gasteiger partial charge in [-0.3, -0.25) is 0 Å². The van der Waals surface area contributed by atoms with Crippen molar-refractivity contribution in [1.82, 2.24) is 0 Å². The second-order valence-electron chi connectivity index (χ2n) is 5.81. The van der Waals surface area contributed by atoms with Crippen LogP contribution in [0, 0.1) is 0 Å². The van der Waals surface area contributed by atoms with Gasteiger partial charge in [0, 0.05) is 24.3 Å². The fraction of sp³-hybridized carbons (Fsp3) is 0.190. The molecule has 5 nitrogen and oxygen atoms in total. The Morgan fingerprint density at radius 3 is 2.35 bits per heavy atom. The molecule has 0 N–H and O–H groups in total. The quantitative estimate of drug-likeness (QED) is 0.595. The van der Waals surface area contributed by atoms with Crippen LogP contribution in [0.5, 0.6) is 5.75 Å². The van der Waals surface area contributed by atoms with E-state index < -0.39 is 5.97 Å². The number of anilines is 1. The summed E-state index contributed by atoms with van der Waals surface area (Å²) in [6, 6.07) is 19.8. The van der Waals surface area contributed by atoms with E-state index in [1.165, 1.54) is 18.9 Å². The van der Waals surface area contributed by atoms with Crippen molar-refractivity contribution in [2.24, 2.45) is 0 Å². The maximum absolute atomic E-state index is 11.9. The molecular formula is C21H21NO4. The third kappa shape index (κ3) is 4.06. The summed E-state index contributed by atoms with van der Waals surface area (Å²) in [5.74, 6) is 0.561. The largest absolute Gasteiger partial charge is 0.497 e. The summed E-state index contributed by atoms with van der Waals surface area (Å²) in [7, 11) is 2.99. The van der Waals surface area contributed by atoms with Crippen molar-refractivity contribution < 1.29 is 18.7 Å². The van der Waals surface area contributed by atoms with E-state index in [4.69, 9.17) is 13.9 Å². The van der Waals surface area contributed by atoms with Gasteiger partial charge in [-0.05, 0) is 35.9 Å². The number of methoxy groups -OCH3 is 2. The lowest BCUT2D eigenvalue weighted by atomic mass is 10.1. The monoisotopic (exact) mass is 351 g/mol. The van der Waals surface area contributed by atoms with Crippen LogP contribution in [0.2, 0.25) is 0 Å². The first kappa shape index (κ1) is 17.6. The topological polar surface area (TPSA) is 51.9 Å². The van der Waals surface area contributed by atoms with E-state index in [9.17, 15) is 4.79 Å². The zero-order chi connectivity index (χ0) is 18.4. The molecule has 0 bridgehead atoms. The molecule has 3 rings (SSSR count). The molecule has 1 aromatic heterocycles. The number of carbonyl (C=O) groups is 1. The van der Waals surface area contributed by atoms with Gasteiger partial charge in [0.15, 0.2) is 0 Å². The molecular weight excluding hydrogens is 330 g/mol. The number of furan rings is 1. The first-order valence-electron chi connectivity index (χ1n) is 8.29. The van der Waals surface area contributed by atoms with Gasteiger partial charge >= 0.3 is 5.97 Å². The Labute approximate surface area is 152 Å². The summed E-state index contributed by atoms with van der Waals surface area (Å²) in [6.45, 7) is 1.21. The van der Waals surface area contributed by atoms with Gasteiger partial charge in [-0.1, -0.05) is 30.3 Å². The molecule has 0 amide bonds. The van der Waals surface area contributed by atoms with Gasteiger partial charge in [0.25, 0.3) is 0 Å². The Morgan fingerprint density at radius 2 is 1.69 bits per heavy atom. The smallest absolute Gasteiger partial charge is 0.374 e. The SMILES string of the molecule is COC(=O)c1occc1CN(Cc1ccccc1)c1ccc(OC)cc1. The molecule has 3 aromatic rings. The molecule has 0 atom stereocenters. The van der Waals surface area contributed by atoms with E-state index in [-0.39, 0.29) is 5.76 Å². The van der Waals surface area contributed by atoms with Crippen LogP contribution in [-0.4, -0.2) is 20.2 Å². The first-order chi connectivity index (χ1) is 12.7. The van der Waals surface area contributed by atoms with E-state index in [0.29, 0.717) is 13.1 Å². The molecule has 0 saturated heterocycles. The molecule has 1 heterocycles. The Kier molecular flexibility index (Phi) is 5.59. The molecule has 134 valence electrons. The third-order valence-electron chi connectivity index (χ3n) is 4.13. The van der Waals surface area contributed by atoms with Crippen LogP contribution in [-0.2, 0) is 17.8 Å². The van der Waals surface area contributed by atoms with Crippen molar-refractivity contribution in [3.63, 3.8) is 0 Å². The summed E-state index contributed by atoms with van der Waals surface area (Å²) in [5, 5.41) is 0. The molecule has 0 aliphatic carbocycles. The van der Waals surface area contributed by atoms with E-state index >= 15 is 0 Å². The summed E-state index contributed by atoms with van der Waals surface area (Å²) < 4.78 is 15.4. The second kappa shape index (κ2) is 8.25. The molecule has 0 aliphatic heterocycles. The van der Waals surface area contributed by atoms with Crippen LogP contribution >= 0.6 is 0 Å². The van der Waals surface area contributed by atoms with Crippen LogP contribution in [0.1, 0.15) is 21.7 Å². The van der Waals surface area contributed by atoms with Gasteiger partial charge in [0.2, 0.25) is 5.76 Å². The number of esters is 1. The maximum atomic E-state index is 11.9. The predicted octanol–water partition coefficient (Wildman–Crippen LogP) is 4.28. The highest BCUT2D eigenvalue weighted by molar-refractivity contribution is 5.87. The third-order valence-corrected chi connectivity index (χ3v) is 4.13. The van der Waals surface area contributed by atoms with Gasteiger partial charge in [-0.15, -0.1) is 0 Å². The van der Waals surface area contributed by atoms with Gasteiger partial charge in [-0.2, -0.15) is 0 Å². The number of ether oxygens (including phenoxy) is 2. The van der Waals surface area contributed by atoms with Gasteiger partial charge in [0.05, 0.1) is 20.5 Å². The average molecular weight is 351 g/mol. The van der Waals surface area contributed by atoms with Crippen molar-refractivity contribution in [2.75, 3.05) is 19.1 Å². The zero-order valence-corrected chi connectivity index (χ0v) is 14.8. The zero-order valence-electron chi connectivity index (χ0n) is 14.8. The molecule has 26 heavy (non-hydrogen) atoms. The Hall–Kier alpha value is -3.21. The standard InChI is InChI=1S/C21H21NO4/c1-24-19-10-8-18(9-11-19)22(14-16-6-4-3-5-7-16)15-17-12-13-26-20(17)21(23)25-2/h3-13H,14-15H2,1-2H3. The van der Waals surface area contributed by atoms with E-state index in [1.54, 1.807) is 13.2 Å². The lowest BCUT2D eigenvalue weighted by Crippen LogP contribution is -2.23. The normalized spacial score (nSPS) is 10.4. The molecule has 0 unspecified atom stereocenters. The van der Waals surface area contributed by atoms with Crippen molar-refractivity contribution in [3.05, 3.63) is 83.8 Å². The van der Waals surface area contributed by atoms with Gasteiger partial charge < -0.3 is 18.8 Å². The molecule has 5 heteroatoms. The highest BCUT2D eigenvalue weighted by Crippen LogP contribution is 2.25. The fourth-order valence-corrected chi connectivity index (χ4v) is 2.77. The predicted molar refractivity (Wildman–Crippen MR) is 99.4 cm³/mol. The lowest BCUT2D eigenvalue weighted by Gasteiger charge is -2.25. The van der Waals surface area contributed by atoms with Gasteiger partial charge in [-0.25, -0.2) is 4.79 Å². The van der Waals surface area contributed by atoms with Crippen LogP contribution in [0.4, 0.5) is 5.69 Å². The molecule has 0 saturated carbocycles. The summed E-state index contributed by atoms with van der Waals surface area (Å²) in [6.07, 6.45) is 1.51. The van der Waals surface area contributed by atoms with Crippen LogP contribution in [0.3, 0.4) is 0 Å². The number of carbonyl (C=O) groups excluding carboxylic acids is 1. The minimum Gasteiger partial charge on any atom is -0.497 e. The molecule has 0 aliphatic rings. The fourth-order valence-electron chi connectivity index (χ4n) is 2.77. The van der Waals surface area contributed by atoms with Crippen LogP contribution in [0.15, 0.2) is 71.3 Å². The van der Waals surface area contributed by atoms with E-state index in [1.807, 2.05) is 42.5 Å². The summed E-state index contributed by atoms with van der Waals surface area (Å²) in [5.41, 5.74) is 2.97. The number of nitrogens with zero attached hydrogens (tertiary/aromatic N) is 1. The first-order valence-corrected chi connectivity index (χ1v) is 8.29. The molecule has 0 spiro atoms. The van der Waals surface area contributed by atoms with E-state index in [0.717, 1.165) is 17.0 Å². The highest BCUT2D eigenvalue weighted by Gasteiger charge is 2.19. The number of hydrogen-bond donors (Lipinski definition) is 0. The van der Waals surface area contributed by atoms with Gasteiger partial charge in [0.1, 0.15) is 5.75 Å². The number of benzene rings is 2. The Balaban J connectivity index is 1.89. The highest BCUT2D eigenvalue weighted by atomic mass is 16.5. The Morgan fingerprint density at radius 1 is 0.962 bits per heavy atom.